The number of rotatable bonds is 3. The van der Waals surface area contributed by atoms with Crippen molar-refractivity contribution in [2.24, 2.45) is 0 Å². The SMILES string of the molecule is CNC1CCCC(c2ccc(OC)cc2F)C1. The molecule has 0 saturated heterocycles. The average Bonchev–Trinajstić information content (AvgIpc) is 2.38. The lowest BCUT2D eigenvalue weighted by Crippen LogP contribution is -2.30. The molecule has 2 nitrogen and oxygen atoms in total. The van der Waals surface area contributed by atoms with E-state index in [1.54, 1.807) is 7.11 Å². The number of halogens is 1. The molecule has 2 rings (SSSR count). The molecule has 0 aromatic heterocycles. The van der Waals surface area contributed by atoms with Crippen LogP contribution in [0.25, 0.3) is 0 Å². The Morgan fingerprint density at radius 2 is 2.18 bits per heavy atom. The lowest BCUT2D eigenvalue weighted by atomic mass is 9.81. The van der Waals surface area contributed by atoms with Crippen LogP contribution >= 0.6 is 0 Å². The number of nitrogens with one attached hydrogen (secondary N) is 1. The fraction of sp³-hybridized carbons (Fsp3) is 0.571. The van der Waals surface area contributed by atoms with Crippen LogP contribution in [0.3, 0.4) is 0 Å². The van der Waals surface area contributed by atoms with Gasteiger partial charge in [0.05, 0.1) is 7.11 Å². The predicted molar refractivity (Wildman–Crippen MR) is 67.0 cm³/mol. The maximum absolute atomic E-state index is 14.0. The van der Waals surface area contributed by atoms with Gasteiger partial charge in [0, 0.05) is 12.1 Å². The maximum Gasteiger partial charge on any atom is 0.130 e. The molecule has 2 atom stereocenters. The summed E-state index contributed by atoms with van der Waals surface area (Å²) in [6.45, 7) is 0. The Morgan fingerprint density at radius 3 is 2.82 bits per heavy atom. The zero-order valence-corrected chi connectivity index (χ0v) is 10.5. The van der Waals surface area contributed by atoms with Crippen molar-refractivity contribution in [3.05, 3.63) is 29.6 Å². The highest BCUT2D eigenvalue weighted by molar-refractivity contribution is 5.31. The van der Waals surface area contributed by atoms with Gasteiger partial charge in [-0.3, -0.25) is 0 Å². The van der Waals surface area contributed by atoms with Crippen LogP contribution in [0.15, 0.2) is 18.2 Å². The third kappa shape index (κ3) is 2.78. The molecule has 2 unspecified atom stereocenters. The van der Waals surface area contributed by atoms with E-state index in [0.717, 1.165) is 18.4 Å². The molecule has 0 radical (unpaired) electrons. The van der Waals surface area contributed by atoms with Gasteiger partial charge in [0.2, 0.25) is 0 Å². The molecule has 94 valence electrons. The first-order chi connectivity index (χ1) is 8.24. The standard InChI is InChI=1S/C14H20FNO/c1-16-11-5-3-4-10(8-11)13-7-6-12(17-2)9-14(13)15/h6-7,9-11,16H,3-5,8H2,1-2H3. The Balaban J connectivity index is 2.16. The van der Waals surface area contributed by atoms with Gasteiger partial charge in [-0.2, -0.15) is 0 Å². The first-order valence-corrected chi connectivity index (χ1v) is 6.25. The molecule has 3 heteroatoms. The van der Waals surface area contributed by atoms with Gasteiger partial charge in [-0.1, -0.05) is 12.5 Å². The van der Waals surface area contributed by atoms with Crippen LogP contribution in [0.2, 0.25) is 0 Å². The van der Waals surface area contributed by atoms with Gasteiger partial charge >= 0.3 is 0 Å². The lowest BCUT2D eigenvalue weighted by molar-refractivity contribution is 0.348. The molecule has 17 heavy (non-hydrogen) atoms. The molecular weight excluding hydrogens is 217 g/mol. The third-order valence-electron chi connectivity index (χ3n) is 3.73. The first-order valence-electron chi connectivity index (χ1n) is 6.25. The summed E-state index contributed by atoms with van der Waals surface area (Å²) in [6, 6.07) is 5.73. The predicted octanol–water partition coefficient (Wildman–Crippen LogP) is 3.08. The monoisotopic (exact) mass is 237 g/mol. The lowest BCUT2D eigenvalue weighted by Gasteiger charge is -2.29. The second kappa shape index (κ2) is 5.50. The summed E-state index contributed by atoms with van der Waals surface area (Å²) in [5.74, 6) is 0.797. The van der Waals surface area contributed by atoms with E-state index in [1.165, 1.54) is 18.9 Å². The molecule has 0 heterocycles. The van der Waals surface area contributed by atoms with Crippen LogP contribution < -0.4 is 10.1 Å². The Labute approximate surface area is 102 Å². The highest BCUT2D eigenvalue weighted by Crippen LogP contribution is 2.35. The topological polar surface area (TPSA) is 21.3 Å². The van der Waals surface area contributed by atoms with Gasteiger partial charge in [0.25, 0.3) is 0 Å². The van der Waals surface area contributed by atoms with Crippen LogP contribution in [-0.4, -0.2) is 20.2 Å². The smallest absolute Gasteiger partial charge is 0.130 e. The first kappa shape index (κ1) is 12.4. The van der Waals surface area contributed by atoms with Crippen LogP contribution in [0.5, 0.6) is 5.75 Å². The van der Waals surface area contributed by atoms with Gasteiger partial charge in [-0.05, 0) is 43.9 Å². The molecule has 1 aliphatic rings. The van der Waals surface area contributed by atoms with Crippen molar-refractivity contribution in [3.8, 4) is 5.75 Å². The van der Waals surface area contributed by atoms with Gasteiger partial charge in [-0.15, -0.1) is 0 Å². The number of hydrogen-bond acceptors (Lipinski definition) is 2. The van der Waals surface area contributed by atoms with E-state index >= 15 is 0 Å². The Morgan fingerprint density at radius 1 is 1.35 bits per heavy atom. The van der Waals surface area contributed by atoms with Crippen molar-refractivity contribution >= 4 is 0 Å². The largest absolute Gasteiger partial charge is 0.497 e. The summed E-state index contributed by atoms with van der Waals surface area (Å²) >= 11 is 0. The van der Waals surface area contributed by atoms with E-state index in [1.807, 2.05) is 19.2 Å². The van der Waals surface area contributed by atoms with Gasteiger partial charge in [-0.25, -0.2) is 4.39 Å². The summed E-state index contributed by atoms with van der Waals surface area (Å²) in [4.78, 5) is 0. The zero-order chi connectivity index (χ0) is 12.3. The van der Waals surface area contributed by atoms with Gasteiger partial charge < -0.3 is 10.1 Å². The normalized spacial score (nSPS) is 24.6. The molecule has 0 bridgehead atoms. The Hall–Kier alpha value is -1.09. The van der Waals surface area contributed by atoms with Crippen molar-refractivity contribution in [1.82, 2.24) is 5.32 Å². The second-order valence-corrected chi connectivity index (χ2v) is 4.74. The van der Waals surface area contributed by atoms with Crippen molar-refractivity contribution in [3.63, 3.8) is 0 Å². The van der Waals surface area contributed by atoms with E-state index in [4.69, 9.17) is 4.74 Å². The Kier molecular flexibility index (Phi) is 4.00. The second-order valence-electron chi connectivity index (χ2n) is 4.74. The fourth-order valence-corrected chi connectivity index (χ4v) is 2.70. The molecular formula is C14H20FNO. The summed E-state index contributed by atoms with van der Waals surface area (Å²) < 4.78 is 19.0. The molecule has 1 N–H and O–H groups in total. The number of ether oxygens (including phenoxy) is 1. The van der Waals surface area contributed by atoms with Gasteiger partial charge in [0.15, 0.2) is 0 Å². The molecule has 1 aromatic carbocycles. The van der Waals surface area contributed by atoms with E-state index in [0.29, 0.717) is 17.7 Å². The van der Waals surface area contributed by atoms with Crippen molar-refractivity contribution in [1.29, 1.82) is 0 Å². The third-order valence-corrected chi connectivity index (χ3v) is 3.73. The average molecular weight is 237 g/mol. The summed E-state index contributed by atoms with van der Waals surface area (Å²) in [5.41, 5.74) is 0.839. The Bertz CT molecular complexity index is 380. The molecule has 1 aromatic rings. The van der Waals surface area contributed by atoms with Crippen LogP contribution in [-0.2, 0) is 0 Å². The van der Waals surface area contributed by atoms with Gasteiger partial charge in [0.1, 0.15) is 11.6 Å². The summed E-state index contributed by atoms with van der Waals surface area (Å²) in [5, 5.41) is 3.30. The minimum Gasteiger partial charge on any atom is -0.497 e. The molecule has 0 amide bonds. The highest BCUT2D eigenvalue weighted by Gasteiger charge is 2.24. The zero-order valence-electron chi connectivity index (χ0n) is 10.5. The van der Waals surface area contributed by atoms with Crippen LogP contribution in [0.1, 0.15) is 37.2 Å². The minimum atomic E-state index is -0.133. The molecule has 1 fully saturated rings. The van der Waals surface area contributed by atoms with E-state index in [9.17, 15) is 4.39 Å². The highest BCUT2D eigenvalue weighted by atomic mass is 19.1. The maximum atomic E-state index is 14.0. The van der Waals surface area contributed by atoms with Crippen LogP contribution in [0.4, 0.5) is 4.39 Å². The molecule has 0 aliphatic heterocycles. The minimum absolute atomic E-state index is 0.133. The van der Waals surface area contributed by atoms with Crippen molar-refractivity contribution < 1.29 is 9.13 Å². The fourth-order valence-electron chi connectivity index (χ4n) is 2.70. The van der Waals surface area contributed by atoms with E-state index in [-0.39, 0.29) is 5.82 Å². The molecule has 0 spiro atoms. The quantitative estimate of drug-likeness (QED) is 0.872. The molecule has 1 aliphatic carbocycles. The van der Waals surface area contributed by atoms with Crippen LogP contribution in [0, 0.1) is 5.82 Å². The van der Waals surface area contributed by atoms with Crippen molar-refractivity contribution in [2.75, 3.05) is 14.2 Å². The van der Waals surface area contributed by atoms with E-state index < -0.39 is 0 Å². The summed E-state index contributed by atoms with van der Waals surface area (Å²) in [6.07, 6.45) is 4.48. The molecule has 1 saturated carbocycles. The van der Waals surface area contributed by atoms with Crippen molar-refractivity contribution in [2.45, 2.75) is 37.6 Å². The summed E-state index contributed by atoms with van der Waals surface area (Å²) in [7, 11) is 3.55. The number of hydrogen-bond donors (Lipinski definition) is 1. The van der Waals surface area contributed by atoms with E-state index in [2.05, 4.69) is 5.32 Å². The number of methoxy groups -OCH3 is 1. The number of benzene rings is 1.